The lowest BCUT2D eigenvalue weighted by Gasteiger charge is -2.04. The highest BCUT2D eigenvalue weighted by Crippen LogP contribution is 1.98. The molecule has 4 heteroatoms. The highest BCUT2D eigenvalue weighted by Gasteiger charge is 2.04. The van der Waals surface area contributed by atoms with E-state index in [2.05, 4.69) is 4.72 Å². The zero-order chi connectivity index (χ0) is 6.57. The number of aliphatic hydroxyl groups is 1. The molecular formula is C4H9NO2S. The normalized spacial score (nSPS) is 16.1. The van der Waals surface area contributed by atoms with Crippen LogP contribution in [0.5, 0.6) is 0 Å². The molecule has 0 aromatic heterocycles. The summed E-state index contributed by atoms with van der Waals surface area (Å²) in [6.45, 7) is 1.58. The van der Waals surface area contributed by atoms with Crippen molar-refractivity contribution in [2.75, 3.05) is 7.05 Å². The molecule has 0 aromatic carbocycles. The molecule has 0 aliphatic rings. The van der Waals surface area contributed by atoms with Crippen molar-refractivity contribution < 1.29 is 9.66 Å². The van der Waals surface area contributed by atoms with E-state index < -0.39 is 11.4 Å². The molecule has 0 saturated heterocycles. The average Bonchev–Trinajstić information content (AvgIpc) is 1.84. The highest BCUT2D eigenvalue weighted by atomic mass is 32.2. The van der Waals surface area contributed by atoms with Crippen LogP contribution in [0.4, 0.5) is 0 Å². The molecule has 48 valence electrons. The maximum atomic E-state index is 10.5. The van der Waals surface area contributed by atoms with Crippen LogP contribution in [0.15, 0.2) is 11.2 Å². The summed E-state index contributed by atoms with van der Waals surface area (Å²) in [4.78, 5) is 0.424. The van der Waals surface area contributed by atoms with E-state index in [-0.39, 0.29) is 0 Å². The summed E-state index contributed by atoms with van der Waals surface area (Å²) in [7, 11) is 1.56. The van der Waals surface area contributed by atoms with Crippen molar-refractivity contribution in [2.24, 2.45) is 0 Å². The summed E-state index contributed by atoms with van der Waals surface area (Å²) in [5, 5.41) is 8.24. The van der Waals surface area contributed by atoms with Gasteiger partial charge < -0.3 is 9.66 Å². The number of nitrogens with one attached hydrogen (secondary N) is 1. The molecule has 1 unspecified atom stereocenters. The molecule has 0 fully saturated rings. The monoisotopic (exact) mass is 135 g/mol. The van der Waals surface area contributed by atoms with Crippen molar-refractivity contribution in [3.63, 3.8) is 0 Å². The van der Waals surface area contributed by atoms with Gasteiger partial charge in [0.05, 0.1) is 11.4 Å². The Morgan fingerprint density at radius 3 is 2.50 bits per heavy atom. The van der Waals surface area contributed by atoms with Gasteiger partial charge in [-0.05, 0) is 0 Å². The lowest BCUT2D eigenvalue weighted by atomic mass is 10.7. The lowest BCUT2D eigenvalue weighted by molar-refractivity contribution is 0.469. The van der Waals surface area contributed by atoms with E-state index in [1.807, 2.05) is 0 Å². The standard InChI is InChI=1S/C4H9NO2S/c1-4(3-6)8(7)5-2/h3,5-6H,1-2H3/b4-3+. The summed E-state index contributed by atoms with van der Waals surface area (Å²) in [6, 6.07) is 0. The van der Waals surface area contributed by atoms with Crippen molar-refractivity contribution in [3.05, 3.63) is 11.2 Å². The molecule has 0 radical (unpaired) electrons. The van der Waals surface area contributed by atoms with Crippen LogP contribution >= 0.6 is 0 Å². The molecule has 0 saturated carbocycles. The predicted molar refractivity (Wildman–Crippen MR) is 33.6 cm³/mol. The number of aliphatic hydroxyl groups excluding tert-OH is 1. The predicted octanol–water partition coefficient (Wildman–Crippen LogP) is 0.289. The van der Waals surface area contributed by atoms with Gasteiger partial charge in [0.25, 0.3) is 0 Å². The van der Waals surface area contributed by atoms with E-state index in [1.165, 1.54) is 0 Å². The molecule has 0 amide bonds. The molecule has 0 aromatic rings. The van der Waals surface area contributed by atoms with Crippen LogP contribution in [0.25, 0.3) is 0 Å². The summed E-state index contributed by atoms with van der Waals surface area (Å²) < 4.78 is 13.0. The van der Waals surface area contributed by atoms with Crippen molar-refractivity contribution in [1.29, 1.82) is 0 Å². The van der Waals surface area contributed by atoms with Crippen LogP contribution in [0.1, 0.15) is 6.92 Å². The topological polar surface area (TPSA) is 55.3 Å². The number of rotatable bonds is 2. The fourth-order valence-electron chi connectivity index (χ4n) is 0.209. The average molecular weight is 135 g/mol. The molecule has 1 atom stereocenters. The van der Waals surface area contributed by atoms with Gasteiger partial charge in [-0.3, -0.25) is 0 Å². The quantitative estimate of drug-likeness (QED) is 0.422. The van der Waals surface area contributed by atoms with Crippen LogP contribution in [-0.2, 0) is 11.4 Å². The van der Waals surface area contributed by atoms with Crippen LogP contribution in [0.3, 0.4) is 0 Å². The van der Waals surface area contributed by atoms with Gasteiger partial charge in [-0.15, -0.1) is 4.72 Å². The maximum absolute atomic E-state index is 10.5. The largest absolute Gasteiger partial charge is 0.593 e. The first-order valence-electron chi connectivity index (χ1n) is 2.12. The van der Waals surface area contributed by atoms with Gasteiger partial charge in [0.15, 0.2) is 4.91 Å². The fraction of sp³-hybridized carbons (Fsp3) is 0.500. The first-order valence-corrected chi connectivity index (χ1v) is 3.27. The van der Waals surface area contributed by atoms with E-state index in [0.717, 1.165) is 6.26 Å². The maximum Gasteiger partial charge on any atom is 0.181 e. The van der Waals surface area contributed by atoms with Crippen molar-refractivity contribution in [1.82, 2.24) is 4.72 Å². The summed E-state index contributed by atoms with van der Waals surface area (Å²) in [5.74, 6) is 0. The van der Waals surface area contributed by atoms with Gasteiger partial charge in [0.1, 0.15) is 6.26 Å². The van der Waals surface area contributed by atoms with Gasteiger partial charge in [-0.25, -0.2) is 0 Å². The van der Waals surface area contributed by atoms with Gasteiger partial charge in [-0.2, -0.15) is 0 Å². The number of hydrogen-bond acceptors (Lipinski definition) is 3. The molecule has 0 heterocycles. The van der Waals surface area contributed by atoms with Crippen molar-refractivity contribution in [3.8, 4) is 0 Å². The van der Waals surface area contributed by atoms with Gasteiger partial charge in [-0.1, -0.05) is 0 Å². The lowest BCUT2D eigenvalue weighted by Crippen LogP contribution is -2.18. The van der Waals surface area contributed by atoms with Crippen LogP contribution in [0, 0.1) is 0 Å². The fourth-order valence-corrected chi connectivity index (χ4v) is 0.627. The second-order valence-electron chi connectivity index (χ2n) is 1.21. The molecular weight excluding hydrogens is 126 g/mol. The minimum Gasteiger partial charge on any atom is -0.593 e. The van der Waals surface area contributed by atoms with E-state index in [4.69, 9.17) is 5.11 Å². The second kappa shape index (κ2) is 3.77. The van der Waals surface area contributed by atoms with Gasteiger partial charge in [0.2, 0.25) is 0 Å². The Bertz CT molecular complexity index is 94.0. The Labute approximate surface area is 51.7 Å². The van der Waals surface area contributed by atoms with Crippen LogP contribution in [-0.4, -0.2) is 16.7 Å². The third kappa shape index (κ3) is 2.20. The third-order valence-corrected chi connectivity index (χ3v) is 1.72. The highest BCUT2D eigenvalue weighted by molar-refractivity contribution is 7.93. The summed E-state index contributed by atoms with van der Waals surface area (Å²) in [5.41, 5.74) is 0. The Kier molecular flexibility index (Phi) is 3.68. The van der Waals surface area contributed by atoms with E-state index in [1.54, 1.807) is 14.0 Å². The molecule has 2 N–H and O–H groups in total. The number of allylic oxidation sites excluding steroid dienone is 1. The molecule has 0 spiro atoms. The summed E-state index contributed by atoms with van der Waals surface area (Å²) >= 11 is -1.21. The zero-order valence-corrected chi connectivity index (χ0v) is 5.66. The van der Waals surface area contributed by atoms with E-state index in [9.17, 15) is 4.55 Å². The molecule has 0 aliphatic heterocycles. The Hall–Kier alpha value is -0.190. The minimum atomic E-state index is -1.21. The first-order chi connectivity index (χ1) is 3.72. The second-order valence-corrected chi connectivity index (χ2v) is 2.80. The van der Waals surface area contributed by atoms with Crippen molar-refractivity contribution in [2.45, 2.75) is 6.92 Å². The van der Waals surface area contributed by atoms with E-state index in [0.29, 0.717) is 4.91 Å². The Morgan fingerprint density at radius 1 is 1.88 bits per heavy atom. The van der Waals surface area contributed by atoms with Crippen LogP contribution in [0.2, 0.25) is 0 Å². The van der Waals surface area contributed by atoms with E-state index >= 15 is 0 Å². The smallest absolute Gasteiger partial charge is 0.181 e. The van der Waals surface area contributed by atoms with Crippen molar-refractivity contribution >= 4 is 11.4 Å². The number of hydrogen-bond donors (Lipinski definition) is 2. The third-order valence-electron chi connectivity index (χ3n) is 0.660. The SMILES string of the molecule is CN[S+]([O-])/C(C)=C/O. The zero-order valence-electron chi connectivity index (χ0n) is 4.84. The molecule has 0 aliphatic carbocycles. The van der Waals surface area contributed by atoms with Gasteiger partial charge in [0, 0.05) is 14.0 Å². The Balaban J connectivity index is 3.63. The molecule has 3 nitrogen and oxygen atoms in total. The summed E-state index contributed by atoms with van der Waals surface area (Å²) in [6.07, 6.45) is 0.826. The minimum absolute atomic E-state index is 0.424. The van der Waals surface area contributed by atoms with Gasteiger partial charge >= 0.3 is 0 Å². The Morgan fingerprint density at radius 2 is 2.38 bits per heavy atom. The molecule has 8 heavy (non-hydrogen) atoms. The van der Waals surface area contributed by atoms with Crippen LogP contribution < -0.4 is 4.72 Å². The first kappa shape index (κ1) is 7.81. The molecule has 0 rings (SSSR count). The molecule has 0 bridgehead atoms.